The molecule has 112 valence electrons. The van der Waals surface area contributed by atoms with E-state index in [4.69, 9.17) is 0 Å². The van der Waals surface area contributed by atoms with Crippen molar-refractivity contribution in [2.45, 2.75) is 39.3 Å². The van der Waals surface area contributed by atoms with E-state index < -0.39 is 0 Å². The van der Waals surface area contributed by atoms with Crippen molar-refractivity contribution in [2.24, 2.45) is 5.92 Å². The number of aromatic nitrogens is 1. The van der Waals surface area contributed by atoms with Crippen LogP contribution in [0.3, 0.4) is 0 Å². The van der Waals surface area contributed by atoms with E-state index in [9.17, 15) is 4.79 Å². The fourth-order valence-electron chi connectivity index (χ4n) is 2.93. The molecule has 3 N–H and O–H groups in total. The first-order valence-corrected chi connectivity index (χ1v) is 7.74. The van der Waals surface area contributed by atoms with E-state index in [2.05, 4.69) is 47.7 Å². The second-order valence-corrected chi connectivity index (χ2v) is 6.24. The molecule has 0 spiro atoms. The molecule has 0 bridgehead atoms. The van der Waals surface area contributed by atoms with Crippen LogP contribution in [-0.4, -0.2) is 23.5 Å². The second kappa shape index (κ2) is 5.90. The molecule has 1 aromatic carbocycles. The quantitative estimate of drug-likeness (QED) is 0.807. The summed E-state index contributed by atoms with van der Waals surface area (Å²) in [5.74, 6) is 0.733. The molecule has 4 nitrogen and oxygen atoms in total. The Kier molecular flexibility index (Phi) is 3.97. The van der Waals surface area contributed by atoms with Crippen molar-refractivity contribution in [2.75, 3.05) is 6.54 Å². The van der Waals surface area contributed by atoms with Crippen LogP contribution in [0.2, 0.25) is 0 Å². The number of H-pyrrole nitrogens is 1. The van der Waals surface area contributed by atoms with Gasteiger partial charge in [0.05, 0.1) is 6.04 Å². The highest BCUT2D eigenvalue weighted by Crippen LogP contribution is 2.26. The van der Waals surface area contributed by atoms with E-state index in [-0.39, 0.29) is 11.9 Å². The second-order valence-electron chi connectivity index (χ2n) is 6.24. The van der Waals surface area contributed by atoms with Gasteiger partial charge in [-0.2, -0.15) is 0 Å². The summed E-state index contributed by atoms with van der Waals surface area (Å²) < 4.78 is 0. The number of para-hydroxylation sites is 1. The first kappa shape index (κ1) is 14.1. The van der Waals surface area contributed by atoms with E-state index in [1.807, 2.05) is 6.07 Å². The van der Waals surface area contributed by atoms with E-state index in [0.717, 1.165) is 31.4 Å². The van der Waals surface area contributed by atoms with Gasteiger partial charge in [0.1, 0.15) is 0 Å². The SMILES string of the molecule is CC(C)CCNC(=O)[C@@H]1Cc2c([nH]c3ccccc23)CN1. The summed E-state index contributed by atoms with van der Waals surface area (Å²) in [4.78, 5) is 15.7. The Morgan fingerprint density at radius 3 is 3.00 bits per heavy atom. The lowest BCUT2D eigenvalue weighted by atomic mass is 9.98. The zero-order valence-corrected chi connectivity index (χ0v) is 12.7. The van der Waals surface area contributed by atoms with Crippen molar-refractivity contribution in [1.29, 1.82) is 0 Å². The molecule has 0 saturated carbocycles. The van der Waals surface area contributed by atoms with Gasteiger partial charge < -0.3 is 10.3 Å². The molecule has 1 atom stereocenters. The van der Waals surface area contributed by atoms with Crippen molar-refractivity contribution < 1.29 is 4.79 Å². The third-order valence-corrected chi connectivity index (χ3v) is 4.17. The van der Waals surface area contributed by atoms with Gasteiger partial charge in [-0.3, -0.25) is 10.1 Å². The zero-order chi connectivity index (χ0) is 14.8. The normalized spacial score (nSPS) is 18.0. The molecule has 0 radical (unpaired) electrons. The Hall–Kier alpha value is -1.81. The summed E-state index contributed by atoms with van der Waals surface area (Å²) in [7, 11) is 0. The fourth-order valence-corrected chi connectivity index (χ4v) is 2.93. The van der Waals surface area contributed by atoms with Gasteiger partial charge in [-0.25, -0.2) is 0 Å². The fraction of sp³-hybridized carbons (Fsp3) is 0.471. The van der Waals surface area contributed by atoms with E-state index >= 15 is 0 Å². The lowest BCUT2D eigenvalue weighted by Crippen LogP contribution is -2.47. The van der Waals surface area contributed by atoms with Gasteiger partial charge in [0.2, 0.25) is 5.91 Å². The highest BCUT2D eigenvalue weighted by Gasteiger charge is 2.26. The van der Waals surface area contributed by atoms with Crippen LogP contribution in [0.5, 0.6) is 0 Å². The van der Waals surface area contributed by atoms with Gasteiger partial charge in [-0.15, -0.1) is 0 Å². The predicted octanol–water partition coefficient (Wildman–Crippen LogP) is 2.34. The molecular formula is C17H23N3O. The summed E-state index contributed by atoms with van der Waals surface area (Å²) in [5.41, 5.74) is 3.65. The summed E-state index contributed by atoms with van der Waals surface area (Å²) in [6, 6.07) is 8.18. The maximum Gasteiger partial charge on any atom is 0.237 e. The monoisotopic (exact) mass is 285 g/mol. The van der Waals surface area contributed by atoms with Crippen LogP contribution >= 0.6 is 0 Å². The van der Waals surface area contributed by atoms with Crippen molar-refractivity contribution in [3.63, 3.8) is 0 Å². The Morgan fingerprint density at radius 1 is 1.38 bits per heavy atom. The van der Waals surface area contributed by atoms with Crippen molar-refractivity contribution in [3.8, 4) is 0 Å². The van der Waals surface area contributed by atoms with E-state index in [1.54, 1.807) is 0 Å². The van der Waals surface area contributed by atoms with Gasteiger partial charge in [0, 0.05) is 29.7 Å². The van der Waals surface area contributed by atoms with Gasteiger partial charge in [0.25, 0.3) is 0 Å². The van der Waals surface area contributed by atoms with E-state index in [0.29, 0.717) is 5.92 Å². The van der Waals surface area contributed by atoms with Crippen LogP contribution in [0, 0.1) is 5.92 Å². The van der Waals surface area contributed by atoms with Crippen LogP contribution < -0.4 is 10.6 Å². The van der Waals surface area contributed by atoms with Gasteiger partial charge in [-0.1, -0.05) is 32.0 Å². The van der Waals surface area contributed by atoms with Crippen LogP contribution in [0.15, 0.2) is 24.3 Å². The minimum Gasteiger partial charge on any atom is -0.357 e. The molecule has 4 heteroatoms. The van der Waals surface area contributed by atoms with Crippen LogP contribution in [0.4, 0.5) is 0 Å². The molecule has 3 rings (SSSR count). The molecule has 0 aliphatic carbocycles. The topological polar surface area (TPSA) is 56.9 Å². The number of amides is 1. The van der Waals surface area contributed by atoms with Crippen molar-refractivity contribution >= 4 is 16.8 Å². The molecule has 0 fully saturated rings. The maximum absolute atomic E-state index is 12.3. The molecule has 0 unspecified atom stereocenters. The Morgan fingerprint density at radius 2 is 2.19 bits per heavy atom. The number of carbonyl (C=O) groups is 1. The first-order valence-electron chi connectivity index (χ1n) is 7.74. The Balaban J connectivity index is 1.70. The van der Waals surface area contributed by atoms with Crippen LogP contribution in [-0.2, 0) is 17.8 Å². The van der Waals surface area contributed by atoms with Crippen molar-refractivity contribution in [1.82, 2.24) is 15.6 Å². The van der Waals surface area contributed by atoms with Gasteiger partial charge in [0.15, 0.2) is 0 Å². The first-order chi connectivity index (χ1) is 10.1. The van der Waals surface area contributed by atoms with Gasteiger partial charge >= 0.3 is 0 Å². The molecule has 21 heavy (non-hydrogen) atoms. The Bertz CT molecular complexity index is 645. The highest BCUT2D eigenvalue weighted by molar-refractivity contribution is 5.88. The summed E-state index contributed by atoms with van der Waals surface area (Å²) in [6.07, 6.45) is 1.78. The maximum atomic E-state index is 12.3. The summed E-state index contributed by atoms with van der Waals surface area (Å²) in [6.45, 7) is 5.83. The summed E-state index contributed by atoms with van der Waals surface area (Å²) >= 11 is 0. The lowest BCUT2D eigenvalue weighted by Gasteiger charge is -2.23. The average molecular weight is 285 g/mol. The lowest BCUT2D eigenvalue weighted by molar-refractivity contribution is -0.123. The highest BCUT2D eigenvalue weighted by atomic mass is 16.2. The molecule has 1 aromatic heterocycles. The van der Waals surface area contributed by atoms with Gasteiger partial charge in [-0.05, 0) is 30.4 Å². The number of benzene rings is 1. The number of fused-ring (bicyclic) bond motifs is 3. The van der Waals surface area contributed by atoms with Crippen LogP contribution in [0.25, 0.3) is 10.9 Å². The summed E-state index contributed by atoms with van der Waals surface area (Å²) in [5, 5.41) is 7.62. The number of hydrogen-bond acceptors (Lipinski definition) is 2. The molecule has 2 aromatic rings. The number of rotatable bonds is 4. The minimum atomic E-state index is -0.121. The molecular weight excluding hydrogens is 262 g/mol. The number of aromatic amines is 1. The molecule has 0 saturated heterocycles. The molecule has 1 aliphatic rings. The number of carbonyl (C=O) groups excluding carboxylic acids is 1. The Labute approximate surface area is 125 Å². The van der Waals surface area contributed by atoms with Crippen molar-refractivity contribution in [3.05, 3.63) is 35.5 Å². The smallest absolute Gasteiger partial charge is 0.237 e. The standard InChI is InChI=1S/C17H23N3O/c1-11(2)7-8-18-17(21)15-9-13-12-5-3-4-6-14(12)20-16(13)10-19-15/h3-6,11,15,19-20H,7-10H2,1-2H3,(H,18,21)/t15-/m0/s1. The number of hydrogen-bond donors (Lipinski definition) is 3. The largest absolute Gasteiger partial charge is 0.357 e. The average Bonchev–Trinajstić information content (AvgIpc) is 2.84. The molecule has 1 aliphatic heterocycles. The molecule has 2 heterocycles. The number of nitrogens with one attached hydrogen (secondary N) is 3. The minimum absolute atomic E-state index is 0.117. The zero-order valence-electron chi connectivity index (χ0n) is 12.7. The predicted molar refractivity (Wildman–Crippen MR) is 85.1 cm³/mol. The van der Waals surface area contributed by atoms with Crippen LogP contribution in [0.1, 0.15) is 31.5 Å². The molecule has 1 amide bonds. The van der Waals surface area contributed by atoms with E-state index in [1.165, 1.54) is 16.6 Å². The third kappa shape index (κ3) is 2.95. The third-order valence-electron chi connectivity index (χ3n) is 4.17.